The van der Waals surface area contributed by atoms with Gasteiger partial charge in [0.15, 0.2) is 0 Å². The zero-order chi connectivity index (χ0) is 21.8. The van der Waals surface area contributed by atoms with Crippen molar-refractivity contribution in [1.29, 1.82) is 0 Å². The van der Waals surface area contributed by atoms with E-state index in [0.29, 0.717) is 30.6 Å². The maximum Gasteiger partial charge on any atom is 0.417 e. The van der Waals surface area contributed by atoms with Crippen molar-refractivity contribution in [3.8, 4) is 5.75 Å². The van der Waals surface area contributed by atoms with Gasteiger partial charge < -0.3 is 14.6 Å². The number of methoxy groups -OCH3 is 1. The van der Waals surface area contributed by atoms with Crippen LogP contribution >= 0.6 is 0 Å². The van der Waals surface area contributed by atoms with Gasteiger partial charge in [-0.05, 0) is 42.5 Å². The van der Waals surface area contributed by atoms with E-state index in [-0.39, 0.29) is 6.61 Å². The number of cyclic esters (lactones) is 1. The molecule has 164 valence electrons. The molecule has 1 unspecified atom stereocenters. The van der Waals surface area contributed by atoms with Crippen LogP contribution in [0.2, 0.25) is 0 Å². The number of aliphatic hydroxyl groups is 1. The Labute approximate surface area is 182 Å². The maximum absolute atomic E-state index is 13.8. The third-order valence-electron chi connectivity index (χ3n) is 6.47. The quantitative estimate of drug-likeness (QED) is 0.758. The summed E-state index contributed by atoms with van der Waals surface area (Å²) >= 11 is 0. The molecule has 2 aromatic rings. The summed E-state index contributed by atoms with van der Waals surface area (Å²) in [5, 5.41) is 11.6. The van der Waals surface area contributed by atoms with Gasteiger partial charge in [-0.3, -0.25) is 4.79 Å². The van der Waals surface area contributed by atoms with Gasteiger partial charge in [-0.25, -0.2) is 9.69 Å². The lowest BCUT2D eigenvalue weighted by Gasteiger charge is -2.40. The Bertz CT molecular complexity index is 905. The monoisotopic (exact) mass is 423 g/mol. The van der Waals surface area contributed by atoms with E-state index < -0.39 is 29.6 Å². The number of hydrogen-bond acceptors (Lipinski definition) is 5. The van der Waals surface area contributed by atoms with E-state index in [0.717, 1.165) is 24.8 Å². The third-order valence-corrected chi connectivity index (χ3v) is 6.47. The maximum atomic E-state index is 13.8. The SMILES string of the molecule is COc1ccc(C(C(=O)N2C(=O)OC[C@@H]2Cc2ccccc2)C2(O)CCCCC2)cc1. The first kappa shape index (κ1) is 21.4. The normalized spacial score (nSPS) is 21.4. The number of imide groups is 1. The fourth-order valence-corrected chi connectivity index (χ4v) is 4.84. The Morgan fingerprint density at radius 1 is 1.13 bits per heavy atom. The van der Waals surface area contributed by atoms with Crippen LogP contribution in [0.1, 0.15) is 49.1 Å². The lowest BCUT2D eigenvalue weighted by Crippen LogP contribution is -2.50. The Morgan fingerprint density at radius 2 is 1.81 bits per heavy atom. The number of rotatable bonds is 6. The van der Waals surface area contributed by atoms with E-state index >= 15 is 0 Å². The molecule has 0 spiro atoms. The van der Waals surface area contributed by atoms with Gasteiger partial charge in [-0.2, -0.15) is 0 Å². The fraction of sp³-hybridized carbons (Fsp3) is 0.440. The van der Waals surface area contributed by atoms with Crippen LogP contribution in [-0.2, 0) is 16.0 Å². The van der Waals surface area contributed by atoms with Crippen molar-refractivity contribution in [2.45, 2.75) is 56.1 Å². The molecule has 0 aromatic heterocycles. The molecule has 2 fully saturated rings. The largest absolute Gasteiger partial charge is 0.497 e. The number of hydrogen-bond donors (Lipinski definition) is 1. The fourth-order valence-electron chi connectivity index (χ4n) is 4.84. The zero-order valence-corrected chi connectivity index (χ0v) is 17.8. The number of ether oxygens (including phenoxy) is 2. The number of carbonyl (C=O) groups excluding carboxylic acids is 2. The molecule has 4 rings (SSSR count). The van der Waals surface area contributed by atoms with Crippen molar-refractivity contribution in [1.82, 2.24) is 4.90 Å². The van der Waals surface area contributed by atoms with Crippen LogP contribution in [0.5, 0.6) is 5.75 Å². The van der Waals surface area contributed by atoms with Crippen LogP contribution < -0.4 is 4.74 Å². The minimum absolute atomic E-state index is 0.160. The second-order valence-corrected chi connectivity index (χ2v) is 8.50. The first-order chi connectivity index (χ1) is 15.0. The van der Waals surface area contributed by atoms with Gasteiger partial charge in [0.25, 0.3) is 0 Å². The molecule has 0 radical (unpaired) electrons. The van der Waals surface area contributed by atoms with Crippen molar-refractivity contribution in [2.75, 3.05) is 13.7 Å². The van der Waals surface area contributed by atoms with Crippen molar-refractivity contribution in [3.63, 3.8) is 0 Å². The van der Waals surface area contributed by atoms with Gasteiger partial charge in [0.2, 0.25) is 5.91 Å². The highest BCUT2D eigenvalue weighted by molar-refractivity contribution is 5.98. The minimum Gasteiger partial charge on any atom is -0.497 e. The summed E-state index contributed by atoms with van der Waals surface area (Å²) in [5.74, 6) is -0.547. The van der Waals surface area contributed by atoms with E-state index in [1.807, 2.05) is 42.5 Å². The first-order valence-electron chi connectivity index (χ1n) is 10.9. The molecule has 2 amide bonds. The van der Waals surface area contributed by atoms with E-state index in [1.165, 1.54) is 4.90 Å². The molecular formula is C25H29NO5. The summed E-state index contributed by atoms with van der Waals surface area (Å²) in [6.45, 7) is 0.160. The van der Waals surface area contributed by atoms with Crippen molar-refractivity contribution >= 4 is 12.0 Å². The van der Waals surface area contributed by atoms with Crippen LogP contribution in [0.25, 0.3) is 0 Å². The highest BCUT2D eigenvalue weighted by Gasteiger charge is 2.49. The Kier molecular flexibility index (Phi) is 6.28. The molecule has 6 heteroatoms. The Balaban J connectivity index is 1.67. The summed E-state index contributed by atoms with van der Waals surface area (Å²) in [6.07, 6.45) is 3.69. The number of nitrogens with zero attached hydrogens (tertiary/aromatic N) is 1. The predicted molar refractivity (Wildman–Crippen MR) is 116 cm³/mol. The molecule has 1 saturated carbocycles. The van der Waals surface area contributed by atoms with Gasteiger partial charge in [-0.1, -0.05) is 61.7 Å². The number of benzene rings is 2. The molecule has 6 nitrogen and oxygen atoms in total. The number of amides is 2. The van der Waals surface area contributed by atoms with Crippen molar-refractivity contribution < 1.29 is 24.2 Å². The van der Waals surface area contributed by atoms with E-state index in [2.05, 4.69) is 0 Å². The van der Waals surface area contributed by atoms with Gasteiger partial charge in [0.05, 0.1) is 24.7 Å². The van der Waals surface area contributed by atoms with Gasteiger partial charge in [0.1, 0.15) is 12.4 Å². The van der Waals surface area contributed by atoms with Gasteiger partial charge >= 0.3 is 6.09 Å². The molecule has 1 aliphatic heterocycles. The molecule has 1 aliphatic carbocycles. The second kappa shape index (κ2) is 9.10. The summed E-state index contributed by atoms with van der Waals surface area (Å²) < 4.78 is 10.5. The molecular weight excluding hydrogens is 394 g/mol. The van der Waals surface area contributed by atoms with Crippen molar-refractivity contribution in [3.05, 3.63) is 65.7 Å². The summed E-state index contributed by atoms with van der Waals surface area (Å²) in [6, 6.07) is 16.5. The molecule has 2 aliphatic rings. The van der Waals surface area contributed by atoms with Crippen LogP contribution in [-0.4, -0.2) is 47.4 Å². The van der Waals surface area contributed by atoms with Crippen LogP contribution in [0.15, 0.2) is 54.6 Å². The molecule has 0 bridgehead atoms. The molecule has 1 saturated heterocycles. The summed E-state index contributed by atoms with van der Waals surface area (Å²) in [7, 11) is 1.58. The van der Waals surface area contributed by atoms with E-state index in [4.69, 9.17) is 9.47 Å². The molecule has 2 atom stereocenters. The Hall–Kier alpha value is -2.86. The standard InChI is InChI=1S/C25H29NO5/c1-30-21-12-10-19(11-13-21)22(25(29)14-6-3-7-15-25)23(27)26-20(17-31-24(26)28)16-18-8-4-2-5-9-18/h2,4-5,8-13,20,22,29H,3,6-7,14-17H2,1H3/t20-,22?/m0/s1. The van der Waals surface area contributed by atoms with Gasteiger partial charge in [0, 0.05) is 0 Å². The molecule has 31 heavy (non-hydrogen) atoms. The molecule has 2 aromatic carbocycles. The molecule has 1 N–H and O–H groups in total. The first-order valence-corrected chi connectivity index (χ1v) is 10.9. The Morgan fingerprint density at radius 3 is 2.45 bits per heavy atom. The number of carbonyl (C=O) groups is 2. The van der Waals surface area contributed by atoms with Crippen molar-refractivity contribution in [2.24, 2.45) is 0 Å². The van der Waals surface area contributed by atoms with Crippen LogP contribution in [0.3, 0.4) is 0 Å². The lowest BCUT2D eigenvalue weighted by molar-refractivity contribution is -0.139. The average Bonchev–Trinajstić information content (AvgIpc) is 3.15. The molecule has 1 heterocycles. The summed E-state index contributed by atoms with van der Waals surface area (Å²) in [4.78, 5) is 27.7. The highest BCUT2D eigenvalue weighted by atomic mass is 16.6. The minimum atomic E-state index is -1.19. The van der Waals surface area contributed by atoms with Gasteiger partial charge in [-0.15, -0.1) is 0 Å². The van der Waals surface area contributed by atoms with E-state index in [9.17, 15) is 14.7 Å². The highest BCUT2D eigenvalue weighted by Crippen LogP contribution is 2.42. The average molecular weight is 424 g/mol. The topological polar surface area (TPSA) is 76.1 Å². The lowest BCUT2D eigenvalue weighted by atomic mass is 9.72. The second-order valence-electron chi connectivity index (χ2n) is 8.50. The predicted octanol–water partition coefficient (Wildman–Crippen LogP) is 4.06. The summed E-state index contributed by atoms with van der Waals surface area (Å²) in [5.41, 5.74) is 0.527. The van der Waals surface area contributed by atoms with Crippen LogP contribution in [0.4, 0.5) is 4.79 Å². The zero-order valence-electron chi connectivity index (χ0n) is 17.8. The third kappa shape index (κ3) is 4.44. The van der Waals surface area contributed by atoms with E-state index in [1.54, 1.807) is 19.2 Å². The van der Waals surface area contributed by atoms with Crippen LogP contribution in [0, 0.1) is 0 Å². The smallest absolute Gasteiger partial charge is 0.417 e.